The number of aromatic nitrogens is 1. The van der Waals surface area contributed by atoms with Gasteiger partial charge in [0.05, 0.1) is 6.21 Å². The van der Waals surface area contributed by atoms with Crippen molar-refractivity contribution in [2.45, 2.75) is 19.3 Å². The number of carboxylic acids is 1. The molecule has 0 saturated heterocycles. The zero-order chi connectivity index (χ0) is 18.2. The Labute approximate surface area is 151 Å². The third-order valence-electron chi connectivity index (χ3n) is 4.04. The van der Waals surface area contributed by atoms with Crippen molar-refractivity contribution in [3.63, 3.8) is 0 Å². The molecule has 0 spiro atoms. The minimum atomic E-state index is -0.978. The van der Waals surface area contributed by atoms with Crippen molar-refractivity contribution in [3.8, 4) is 5.75 Å². The summed E-state index contributed by atoms with van der Waals surface area (Å²) in [5.41, 5.74) is 4.21. The fraction of sp³-hybridized carbons (Fsp3) is 0.250. The normalized spacial score (nSPS) is 13.2. The van der Waals surface area contributed by atoms with E-state index in [1.807, 2.05) is 30.3 Å². The van der Waals surface area contributed by atoms with Gasteiger partial charge in [-0.25, -0.2) is 4.79 Å². The molecule has 0 bridgehead atoms. The van der Waals surface area contributed by atoms with E-state index in [1.54, 1.807) is 18.6 Å². The molecule has 1 aromatic heterocycles. The SMILES string of the molecule is O=C(O)COc1cccc2c1CCC=C2CCO/N=C/c1cccnc1. The van der Waals surface area contributed by atoms with E-state index in [9.17, 15) is 4.79 Å². The number of hydrogen-bond donors (Lipinski definition) is 1. The summed E-state index contributed by atoms with van der Waals surface area (Å²) in [6.07, 6.45) is 9.71. The number of oxime groups is 1. The monoisotopic (exact) mass is 352 g/mol. The highest BCUT2D eigenvalue weighted by Gasteiger charge is 2.17. The van der Waals surface area contributed by atoms with Crippen molar-refractivity contribution >= 4 is 17.8 Å². The number of fused-ring (bicyclic) bond motifs is 1. The Kier molecular flexibility index (Phi) is 5.98. The molecule has 1 N–H and O–H groups in total. The van der Waals surface area contributed by atoms with Gasteiger partial charge in [-0.05, 0) is 36.1 Å². The number of rotatable bonds is 8. The van der Waals surface area contributed by atoms with Crippen LogP contribution in [0.1, 0.15) is 29.5 Å². The van der Waals surface area contributed by atoms with Gasteiger partial charge in [0.1, 0.15) is 12.4 Å². The zero-order valence-corrected chi connectivity index (χ0v) is 14.3. The summed E-state index contributed by atoms with van der Waals surface area (Å²) in [6.45, 7) is 0.129. The quantitative estimate of drug-likeness (QED) is 0.448. The third-order valence-corrected chi connectivity index (χ3v) is 4.04. The topological polar surface area (TPSA) is 81.0 Å². The molecule has 0 fully saturated rings. The van der Waals surface area contributed by atoms with Gasteiger partial charge in [0.15, 0.2) is 6.61 Å². The average Bonchev–Trinajstić information content (AvgIpc) is 2.67. The van der Waals surface area contributed by atoms with Crippen LogP contribution in [-0.2, 0) is 16.1 Å². The second-order valence-electron chi connectivity index (χ2n) is 5.84. The summed E-state index contributed by atoms with van der Waals surface area (Å²) < 4.78 is 5.42. The van der Waals surface area contributed by atoms with Gasteiger partial charge < -0.3 is 14.7 Å². The predicted molar refractivity (Wildman–Crippen MR) is 98.3 cm³/mol. The van der Waals surface area contributed by atoms with Crippen molar-refractivity contribution in [3.05, 3.63) is 65.5 Å². The maximum Gasteiger partial charge on any atom is 0.341 e. The lowest BCUT2D eigenvalue weighted by molar-refractivity contribution is -0.139. The van der Waals surface area contributed by atoms with E-state index in [-0.39, 0.29) is 6.61 Å². The average molecular weight is 352 g/mol. The maximum absolute atomic E-state index is 10.7. The van der Waals surface area contributed by atoms with Crippen LogP contribution in [0.25, 0.3) is 5.57 Å². The van der Waals surface area contributed by atoms with Crippen molar-refractivity contribution in [1.29, 1.82) is 0 Å². The van der Waals surface area contributed by atoms with Crippen LogP contribution in [0, 0.1) is 0 Å². The molecule has 0 unspecified atom stereocenters. The van der Waals surface area contributed by atoms with Crippen LogP contribution in [-0.4, -0.2) is 35.5 Å². The molecule has 1 heterocycles. The maximum atomic E-state index is 10.7. The van der Waals surface area contributed by atoms with Gasteiger partial charge in [-0.2, -0.15) is 0 Å². The molecule has 1 aliphatic carbocycles. The highest BCUT2D eigenvalue weighted by Crippen LogP contribution is 2.34. The van der Waals surface area contributed by atoms with Crippen LogP contribution in [0.15, 0.2) is 54.0 Å². The molecule has 3 rings (SSSR count). The number of allylic oxidation sites excluding steroid dienone is 1. The number of ether oxygens (including phenoxy) is 1. The van der Waals surface area contributed by atoms with E-state index in [0.29, 0.717) is 12.4 Å². The molecular weight excluding hydrogens is 332 g/mol. The van der Waals surface area contributed by atoms with Gasteiger partial charge in [0, 0.05) is 29.9 Å². The number of pyridine rings is 1. The summed E-state index contributed by atoms with van der Waals surface area (Å²) in [7, 11) is 0. The number of carboxylic acid groups (broad SMARTS) is 1. The molecule has 0 atom stereocenters. The lowest BCUT2D eigenvalue weighted by Gasteiger charge is -2.20. The van der Waals surface area contributed by atoms with Gasteiger partial charge in [-0.15, -0.1) is 0 Å². The Balaban J connectivity index is 1.58. The summed E-state index contributed by atoms with van der Waals surface area (Å²) in [5.74, 6) is -0.333. The molecular formula is C20H20N2O4. The molecule has 0 amide bonds. The zero-order valence-electron chi connectivity index (χ0n) is 14.3. The second-order valence-corrected chi connectivity index (χ2v) is 5.84. The van der Waals surface area contributed by atoms with E-state index in [1.165, 1.54) is 5.57 Å². The van der Waals surface area contributed by atoms with E-state index < -0.39 is 5.97 Å². The molecule has 1 aliphatic rings. The minimum absolute atomic E-state index is 0.332. The van der Waals surface area contributed by atoms with Crippen LogP contribution in [0.5, 0.6) is 5.75 Å². The van der Waals surface area contributed by atoms with E-state index in [2.05, 4.69) is 16.2 Å². The number of hydrogen-bond acceptors (Lipinski definition) is 5. The number of benzene rings is 1. The lowest BCUT2D eigenvalue weighted by atomic mass is 9.89. The lowest BCUT2D eigenvalue weighted by Crippen LogP contribution is -2.12. The van der Waals surface area contributed by atoms with Gasteiger partial charge in [-0.1, -0.05) is 29.4 Å². The fourth-order valence-corrected chi connectivity index (χ4v) is 2.90. The first-order valence-corrected chi connectivity index (χ1v) is 8.45. The highest BCUT2D eigenvalue weighted by molar-refractivity contribution is 5.78. The molecule has 1 aromatic carbocycles. The van der Waals surface area contributed by atoms with Crippen LogP contribution < -0.4 is 4.74 Å². The summed E-state index contributed by atoms with van der Waals surface area (Å²) in [4.78, 5) is 20.1. The molecule has 2 aromatic rings. The van der Waals surface area contributed by atoms with Gasteiger partial charge in [0.2, 0.25) is 0 Å². The molecule has 0 saturated carbocycles. The smallest absolute Gasteiger partial charge is 0.341 e. The summed E-state index contributed by atoms with van der Waals surface area (Å²) >= 11 is 0. The number of aliphatic carboxylic acids is 1. The van der Waals surface area contributed by atoms with Crippen LogP contribution in [0.2, 0.25) is 0 Å². The molecule has 0 aliphatic heterocycles. The molecule has 6 nitrogen and oxygen atoms in total. The second kappa shape index (κ2) is 8.80. The van der Waals surface area contributed by atoms with Gasteiger partial charge >= 0.3 is 5.97 Å². The third kappa shape index (κ3) is 4.69. The Hall–Kier alpha value is -3.15. The summed E-state index contributed by atoms with van der Waals surface area (Å²) in [6, 6.07) is 9.48. The number of nitrogens with zero attached hydrogens (tertiary/aromatic N) is 2. The van der Waals surface area contributed by atoms with Crippen molar-refractivity contribution in [2.24, 2.45) is 5.16 Å². The molecule has 6 heteroatoms. The van der Waals surface area contributed by atoms with Crippen molar-refractivity contribution in [1.82, 2.24) is 4.98 Å². The van der Waals surface area contributed by atoms with Crippen molar-refractivity contribution < 1.29 is 19.5 Å². The largest absolute Gasteiger partial charge is 0.482 e. The Morgan fingerprint density at radius 1 is 1.31 bits per heavy atom. The van der Waals surface area contributed by atoms with Gasteiger partial charge in [-0.3, -0.25) is 4.98 Å². The molecule has 0 radical (unpaired) electrons. The van der Waals surface area contributed by atoms with Crippen molar-refractivity contribution in [2.75, 3.05) is 13.2 Å². The Morgan fingerprint density at radius 2 is 2.23 bits per heavy atom. The van der Waals surface area contributed by atoms with Crippen LogP contribution in [0.4, 0.5) is 0 Å². The van der Waals surface area contributed by atoms with E-state index in [0.717, 1.165) is 36.0 Å². The van der Waals surface area contributed by atoms with Crippen LogP contribution >= 0.6 is 0 Å². The Bertz CT molecular complexity index is 816. The fourth-order valence-electron chi connectivity index (χ4n) is 2.90. The predicted octanol–water partition coefficient (Wildman–Crippen LogP) is 3.32. The highest BCUT2D eigenvalue weighted by atomic mass is 16.6. The minimum Gasteiger partial charge on any atom is -0.482 e. The molecule has 26 heavy (non-hydrogen) atoms. The first-order valence-electron chi connectivity index (χ1n) is 8.45. The summed E-state index contributed by atoms with van der Waals surface area (Å²) in [5, 5.41) is 12.8. The Morgan fingerprint density at radius 3 is 3.04 bits per heavy atom. The van der Waals surface area contributed by atoms with Crippen LogP contribution in [0.3, 0.4) is 0 Å². The number of carbonyl (C=O) groups is 1. The standard InChI is InChI=1S/C20H20N2O4/c23-20(24)14-25-19-8-2-6-17-16(5-1-7-18(17)19)9-11-26-22-13-15-4-3-10-21-12-15/h2-6,8,10,12-13H,1,7,9,11,14H2,(H,23,24)/b22-13+. The van der Waals surface area contributed by atoms with Gasteiger partial charge in [0.25, 0.3) is 0 Å². The van der Waals surface area contributed by atoms with E-state index >= 15 is 0 Å². The first-order chi connectivity index (χ1) is 12.7. The van der Waals surface area contributed by atoms with E-state index in [4.69, 9.17) is 14.7 Å². The first kappa shape index (κ1) is 17.7. The molecule has 134 valence electrons.